The number of nitro benzene ring substituents is 1. The first-order valence-electron chi connectivity index (χ1n) is 5.96. The van der Waals surface area contributed by atoms with E-state index in [1.807, 2.05) is 0 Å². The van der Waals surface area contributed by atoms with Gasteiger partial charge in [-0.05, 0) is 40.2 Å². The molecular weight excluding hydrogens is 414 g/mol. The molecule has 2 aromatic carbocycles. The fourth-order valence-electron chi connectivity index (χ4n) is 1.64. The molecule has 0 aromatic heterocycles. The summed E-state index contributed by atoms with van der Waals surface area (Å²) < 4.78 is 34.9. The molecule has 0 heterocycles. The minimum atomic E-state index is -4.16. The van der Waals surface area contributed by atoms with Crippen molar-refractivity contribution >= 4 is 43.3 Å². The predicted molar refractivity (Wildman–Crippen MR) is 86.6 cm³/mol. The van der Waals surface area contributed by atoms with Crippen molar-refractivity contribution in [2.75, 3.05) is 7.11 Å². The van der Waals surface area contributed by atoms with Gasteiger partial charge in [0.15, 0.2) is 5.75 Å². The van der Waals surface area contributed by atoms with Crippen LogP contribution in [0.25, 0.3) is 0 Å². The second kappa shape index (κ2) is 6.73. The van der Waals surface area contributed by atoms with E-state index in [9.17, 15) is 18.5 Å². The Hall–Kier alpha value is -1.84. The fraction of sp³-hybridized carbons (Fsp3) is 0.0769. The lowest BCUT2D eigenvalue weighted by Crippen LogP contribution is -2.10. The maximum Gasteiger partial charge on any atom is 0.339 e. The molecule has 0 saturated carbocycles. The van der Waals surface area contributed by atoms with Gasteiger partial charge in [-0.2, -0.15) is 8.42 Å². The summed E-state index contributed by atoms with van der Waals surface area (Å²) in [5, 5.41) is 10.5. The Kier molecular flexibility index (Phi) is 5.12. The highest BCUT2D eigenvalue weighted by atomic mass is 79.9. The molecular formula is C13H9BrClNO6S. The van der Waals surface area contributed by atoms with Crippen LogP contribution >= 0.6 is 27.5 Å². The summed E-state index contributed by atoms with van der Waals surface area (Å²) in [5.41, 5.74) is -0.271. The van der Waals surface area contributed by atoms with Gasteiger partial charge in [0.1, 0.15) is 10.6 Å². The van der Waals surface area contributed by atoms with E-state index in [0.717, 1.165) is 18.2 Å². The van der Waals surface area contributed by atoms with Gasteiger partial charge in [0.25, 0.3) is 5.69 Å². The standard InChI is InChI=1S/C13H9BrClNO6S/c1-21-12-5-3-9(7-10(12)14)23(19,20)22-13-4-2-8(16(17)18)6-11(13)15/h2-7H,1H3. The molecule has 0 spiro atoms. The summed E-state index contributed by atoms with van der Waals surface area (Å²) in [7, 11) is -2.71. The number of rotatable bonds is 5. The van der Waals surface area contributed by atoms with Crippen LogP contribution in [0.2, 0.25) is 5.02 Å². The zero-order valence-electron chi connectivity index (χ0n) is 11.5. The zero-order valence-corrected chi connectivity index (χ0v) is 14.7. The molecule has 0 radical (unpaired) electrons. The van der Waals surface area contributed by atoms with Crippen molar-refractivity contribution in [3.05, 3.63) is 56.0 Å². The molecule has 0 fully saturated rings. The molecule has 0 N–H and O–H groups in total. The molecule has 122 valence electrons. The van der Waals surface area contributed by atoms with Gasteiger partial charge >= 0.3 is 10.1 Å². The molecule has 2 aromatic rings. The van der Waals surface area contributed by atoms with Crippen LogP contribution in [-0.4, -0.2) is 20.5 Å². The second-order valence-electron chi connectivity index (χ2n) is 4.21. The van der Waals surface area contributed by atoms with Crippen LogP contribution in [0.3, 0.4) is 0 Å². The number of benzene rings is 2. The van der Waals surface area contributed by atoms with Gasteiger partial charge < -0.3 is 8.92 Å². The van der Waals surface area contributed by atoms with Crippen molar-refractivity contribution in [1.29, 1.82) is 0 Å². The number of methoxy groups -OCH3 is 1. The van der Waals surface area contributed by atoms with Crippen LogP contribution in [0.1, 0.15) is 0 Å². The molecule has 23 heavy (non-hydrogen) atoms. The van der Waals surface area contributed by atoms with Crippen molar-refractivity contribution in [2.24, 2.45) is 0 Å². The first-order valence-corrected chi connectivity index (χ1v) is 8.54. The normalized spacial score (nSPS) is 11.1. The fourth-order valence-corrected chi connectivity index (χ4v) is 3.57. The molecule has 0 aliphatic rings. The largest absolute Gasteiger partial charge is 0.496 e. The van der Waals surface area contributed by atoms with Crippen LogP contribution in [-0.2, 0) is 10.1 Å². The van der Waals surface area contributed by atoms with Crippen LogP contribution < -0.4 is 8.92 Å². The molecule has 0 aliphatic heterocycles. The quantitative estimate of drug-likeness (QED) is 0.413. The molecule has 0 bridgehead atoms. The Labute approximate surface area is 145 Å². The van der Waals surface area contributed by atoms with E-state index in [1.54, 1.807) is 0 Å². The SMILES string of the molecule is COc1ccc(S(=O)(=O)Oc2ccc([N+](=O)[O-])cc2Cl)cc1Br. The summed E-state index contributed by atoms with van der Waals surface area (Å²) in [6, 6.07) is 7.30. The molecule has 2 rings (SSSR count). The van der Waals surface area contributed by atoms with E-state index in [4.69, 9.17) is 20.5 Å². The monoisotopic (exact) mass is 421 g/mol. The summed E-state index contributed by atoms with van der Waals surface area (Å²) in [5.74, 6) is 0.251. The number of hydrogen-bond acceptors (Lipinski definition) is 6. The molecule has 7 nitrogen and oxygen atoms in total. The van der Waals surface area contributed by atoms with E-state index in [0.29, 0.717) is 10.2 Å². The maximum atomic E-state index is 12.2. The van der Waals surface area contributed by atoms with Gasteiger partial charge in [0.05, 0.1) is 21.5 Å². The van der Waals surface area contributed by atoms with Gasteiger partial charge in [-0.25, -0.2) is 0 Å². The van der Waals surface area contributed by atoms with Crippen molar-refractivity contribution < 1.29 is 22.3 Å². The maximum absolute atomic E-state index is 12.2. The minimum absolute atomic E-state index is 0.125. The van der Waals surface area contributed by atoms with Gasteiger partial charge in [-0.15, -0.1) is 0 Å². The highest BCUT2D eigenvalue weighted by Crippen LogP contribution is 2.32. The molecule has 0 saturated heterocycles. The van der Waals surface area contributed by atoms with E-state index >= 15 is 0 Å². The average Bonchev–Trinajstić information content (AvgIpc) is 2.48. The van der Waals surface area contributed by atoms with Crippen LogP contribution in [0.15, 0.2) is 45.8 Å². The Morgan fingerprint density at radius 1 is 1.17 bits per heavy atom. The lowest BCUT2D eigenvalue weighted by atomic mass is 10.3. The van der Waals surface area contributed by atoms with E-state index in [1.165, 1.54) is 25.3 Å². The van der Waals surface area contributed by atoms with Crippen molar-refractivity contribution in [3.8, 4) is 11.5 Å². The number of hydrogen-bond donors (Lipinski definition) is 0. The number of nitrogens with zero attached hydrogens (tertiary/aromatic N) is 1. The Morgan fingerprint density at radius 3 is 2.35 bits per heavy atom. The summed E-state index contributed by atoms with van der Waals surface area (Å²) in [6.45, 7) is 0. The first-order chi connectivity index (χ1) is 10.7. The van der Waals surface area contributed by atoms with Gasteiger partial charge in [0, 0.05) is 12.1 Å². The smallest absolute Gasteiger partial charge is 0.339 e. The van der Waals surface area contributed by atoms with Crippen molar-refractivity contribution in [3.63, 3.8) is 0 Å². The molecule has 0 unspecified atom stereocenters. The van der Waals surface area contributed by atoms with Gasteiger partial charge in [-0.3, -0.25) is 10.1 Å². The Bertz CT molecular complexity index is 871. The van der Waals surface area contributed by atoms with Crippen LogP contribution in [0, 0.1) is 10.1 Å². The predicted octanol–water partition coefficient (Wildman–Crippen LogP) is 3.79. The van der Waals surface area contributed by atoms with Crippen LogP contribution in [0.4, 0.5) is 5.69 Å². The van der Waals surface area contributed by atoms with Gasteiger partial charge in [-0.1, -0.05) is 11.6 Å². The second-order valence-corrected chi connectivity index (χ2v) is 7.01. The third-order valence-electron chi connectivity index (χ3n) is 2.74. The zero-order chi connectivity index (χ0) is 17.2. The number of ether oxygens (including phenoxy) is 1. The topological polar surface area (TPSA) is 95.7 Å². The van der Waals surface area contributed by atoms with E-state index < -0.39 is 15.0 Å². The number of halogens is 2. The first kappa shape index (κ1) is 17.5. The molecule has 0 atom stereocenters. The van der Waals surface area contributed by atoms with Crippen molar-refractivity contribution in [1.82, 2.24) is 0 Å². The van der Waals surface area contributed by atoms with E-state index in [-0.39, 0.29) is 21.4 Å². The summed E-state index contributed by atoms with van der Waals surface area (Å²) in [6.07, 6.45) is 0. The molecule has 0 aliphatic carbocycles. The Balaban J connectivity index is 2.35. The number of nitro groups is 1. The minimum Gasteiger partial charge on any atom is -0.496 e. The van der Waals surface area contributed by atoms with Crippen LogP contribution in [0.5, 0.6) is 11.5 Å². The molecule has 10 heteroatoms. The summed E-state index contributed by atoms with van der Waals surface area (Å²) in [4.78, 5) is 9.87. The Morgan fingerprint density at radius 2 is 1.83 bits per heavy atom. The number of non-ortho nitro benzene ring substituents is 1. The third kappa shape index (κ3) is 3.92. The highest BCUT2D eigenvalue weighted by molar-refractivity contribution is 9.10. The average molecular weight is 423 g/mol. The lowest BCUT2D eigenvalue weighted by molar-refractivity contribution is -0.384. The highest BCUT2D eigenvalue weighted by Gasteiger charge is 2.21. The lowest BCUT2D eigenvalue weighted by Gasteiger charge is -2.10. The summed E-state index contributed by atoms with van der Waals surface area (Å²) >= 11 is 9.00. The van der Waals surface area contributed by atoms with E-state index in [2.05, 4.69) is 15.9 Å². The molecule has 0 amide bonds. The van der Waals surface area contributed by atoms with Crippen molar-refractivity contribution in [2.45, 2.75) is 4.90 Å². The third-order valence-corrected chi connectivity index (χ3v) is 4.88. The van der Waals surface area contributed by atoms with Gasteiger partial charge in [0.2, 0.25) is 0 Å².